The summed E-state index contributed by atoms with van der Waals surface area (Å²) in [5, 5.41) is 6.33. The molecule has 0 aliphatic heterocycles. The van der Waals surface area contributed by atoms with Crippen molar-refractivity contribution in [2.45, 2.75) is 13.8 Å². The summed E-state index contributed by atoms with van der Waals surface area (Å²) in [6, 6.07) is 6.53. The van der Waals surface area contributed by atoms with Crippen molar-refractivity contribution in [1.82, 2.24) is 20.2 Å². The molecule has 11 heteroatoms. The Bertz CT molecular complexity index is 1150. The Hall–Kier alpha value is -2.69. The van der Waals surface area contributed by atoms with Crippen molar-refractivity contribution in [2.24, 2.45) is 0 Å². The molecule has 1 aromatic heterocycles. The van der Waals surface area contributed by atoms with E-state index < -0.39 is 5.82 Å². The number of amides is 1. The number of hydrogen-bond acceptors (Lipinski definition) is 7. The van der Waals surface area contributed by atoms with Crippen LogP contribution in [0.2, 0.25) is 5.02 Å². The Labute approximate surface area is 204 Å². The second kappa shape index (κ2) is 11.4. The van der Waals surface area contributed by atoms with Crippen molar-refractivity contribution in [1.29, 1.82) is 0 Å². The monoisotopic (exact) mass is 538 g/mol. The van der Waals surface area contributed by atoms with Crippen molar-refractivity contribution in [3.63, 3.8) is 0 Å². The van der Waals surface area contributed by atoms with Gasteiger partial charge in [0.15, 0.2) is 5.82 Å². The van der Waals surface area contributed by atoms with Crippen LogP contribution >= 0.6 is 27.5 Å². The number of anilines is 3. The lowest BCUT2D eigenvalue weighted by molar-refractivity contribution is -0.122. The molecule has 8 nitrogen and oxygen atoms in total. The molecule has 0 radical (unpaired) electrons. The number of ether oxygens (including phenoxy) is 1. The molecule has 33 heavy (non-hydrogen) atoms. The molecule has 0 aliphatic carbocycles. The third kappa shape index (κ3) is 6.21. The molecule has 1 heterocycles. The fraction of sp³-hybridized carbons (Fsp3) is 0.318. The molecule has 3 aromatic rings. The maximum atomic E-state index is 14.5. The number of nitrogens with zero attached hydrogens (tertiary/aromatic N) is 3. The topological polar surface area (TPSA) is 105 Å². The number of carbonyl (C=O) groups is 1. The first-order valence-electron chi connectivity index (χ1n) is 10.4. The van der Waals surface area contributed by atoms with Crippen LogP contribution in [0, 0.1) is 5.82 Å². The number of hydrogen-bond donors (Lipinski definition) is 3. The van der Waals surface area contributed by atoms with Gasteiger partial charge in [-0.15, -0.1) is 0 Å². The molecule has 3 rings (SSSR count). The van der Waals surface area contributed by atoms with Gasteiger partial charge in [-0.2, -0.15) is 0 Å². The Morgan fingerprint density at radius 1 is 1.27 bits per heavy atom. The minimum atomic E-state index is -0.603. The second-order valence-electron chi connectivity index (χ2n) is 7.14. The van der Waals surface area contributed by atoms with Gasteiger partial charge in [-0.1, -0.05) is 25.4 Å². The molecular formula is C22H25BrClFN6O2. The van der Waals surface area contributed by atoms with Crippen molar-refractivity contribution in [3.05, 3.63) is 45.9 Å². The van der Waals surface area contributed by atoms with Crippen LogP contribution in [0.25, 0.3) is 10.9 Å². The average molecular weight is 540 g/mol. The lowest BCUT2D eigenvalue weighted by Gasteiger charge is -2.17. The lowest BCUT2D eigenvalue weighted by Crippen LogP contribution is -2.38. The van der Waals surface area contributed by atoms with Gasteiger partial charge < -0.3 is 21.1 Å². The minimum Gasteiger partial charge on any atom is -0.490 e. The van der Waals surface area contributed by atoms with Gasteiger partial charge in [0.25, 0.3) is 0 Å². The summed E-state index contributed by atoms with van der Waals surface area (Å²) >= 11 is 9.17. The maximum absolute atomic E-state index is 14.5. The molecule has 0 atom stereocenters. The zero-order chi connectivity index (χ0) is 24.0. The zero-order valence-electron chi connectivity index (χ0n) is 18.3. The molecule has 0 aliphatic rings. The van der Waals surface area contributed by atoms with Crippen LogP contribution in [0.1, 0.15) is 13.8 Å². The van der Waals surface area contributed by atoms with Gasteiger partial charge >= 0.3 is 0 Å². The van der Waals surface area contributed by atoms with Crippen LogP contribution in [0.3, 0.4) is 0 Å². The zero-order valence-corrected chi connectivity index (χ0v) is 20.6. The average Bonchev–Trinajstić information content (AvgIpc) is 2.81. The Balaban J connectivity index is 1.69. The fourth-order valence-corrected chi connectivity index (χ4v) is 3.60. The third-order valence-electron chi connectivity index (χ3n) is 5.00. The molecular weight excluding hydrogens is 515 g/mol. The van der Waals surface area contributed by atoms with Gasteiger partial charge in [0.1, 0.15) is 24.5 Å². The first-order valence-corrected chi connectivity index (χ1v) is 11.6. The summed E-state index contributed by atoms with van der Waals surface area (Å²) in [4.78, 5) is 22.5. The molecule has 0 unspecified atom stereocenters. The molecule has 0 spiro atoms. The number of nitrogens with one attached hydrogen (secondary N) is 2. The first kappa shape index (κ1) is 24.9. The van der Waals surface area contributed by atoms with Crippen molar-refractivity contribution in [2.75, 3.05) is 43.8 Å². The normalized spacial score (nSPS) is 11.1. The van der Waals surface area contributed by atoms with E-state index in [2.05, 4.69) is 36.5 Å². The molecule has 0 fully saturated rings. The molecule has 0 saturated heterocycles. The van der Waals surface area contributed by atoms with Crippen LogP contribution in [0.5, 0.6) is 5.75 Å². The van der Waals surface area contributed by atoms with Gasteiger partial charge in [-0.05, 0) is 47.2 Å². The predicted molar refractivity (Wildman–Crippen MR) is 133 cm³/mol. The number of halogens is 3. The highest BCUT2D eigenvalue weighted by Crippen LogP contribution is 2.34. The summed E-state index contributed by atoms with van der Waals surface area (Å²) in [6.45, 7) is 6.59. The van der Waals surface area contributed by atoms with E-state index in [-0.39, 0.29) is 23.2 Å². The second-order valence-corrected chi connectivity index (χ2v) is 8.37. The molecule has 176 valence electrons. The van der Waals surface area contributed by atoms with Gasteiger partial charge in [-0.25, -0.2) is 14.4 Å². The fourth-order valence-electron chi connectivity index (χ4n) is 3.13. The first-order chi connectivity index (χ1) is 15.8. The van der Waals surface area contributed by atoms with E-state index in [0.29, 0.717) is 45.7 Å². The van der Waals surface area contributed by atoms with E-state index in [0.717, 1.165) is 13.1 Å². The largest absolute Gasteiger partial charge is 0.490 e. The Kier molecular flexibility index (Phi) is 8.65. The van der Waals surface area contributed by atoms with Gasteiger partial charge in [0.2, 0.25) is 5.91 Å². The van der Waals surface area contributed by atoms with Gasteiger partial charge in [0, 0.05) is 15.9 Å². The number of fused-ring (bicyclic) bond motifs is 1. The van der Waals surface area contributed by atoms with Gasteiger partial charge in [0.05, 0.1) is 35.0 Å². The number of benzene rings is 2. The maximum Gasteiger partial charge on any atom is 0.234 e. The number of nitrogen functional groups attached to an aromatic ring is 1. The summed E-state index contributed by atoms with van der Waals surface area (Å²) in [7, 11) is 0. The number of likely N-dealkylation sites (N-methyl/N-ethyl adjacent to an activating group) is 1. The molecule has 2 aromatic carbocycles. The molecule has 0 bridgehead atoms. The van der Waals surface area contributed by atoms with Crippen molar-refractivity contribution in [3.8, 4) is 5.75 Å². The third-order valence-corrected chi connectivity index (χ3v) is 6.26. The van der Waals surface area contributed by atoms with Crippen LogP contribution in [0.15, 0.2) is 35.1 Å². The van der Waals surface area contributed by atoms with E-state index in [1.165, 1.54) is 6.33 Å². The van der Waals surface area contributed by atoms with E-state index in [4.69, 9.17) is 22.1 Å². The molecule has 4 N–H and O–H groups in total. The van der Waals surface area contributed by atoms with E-state index in [9.17, 15) is 9.18 Å². The molecule has 0 saturated carbocycles. The SMILES string of the molecule is CCN(CC)CC(=O)NCCOc1cc2ncnc(Nc3ccc(Br)c(Cl)c3F)c2cc1N. The number of carbonyl (C=O) groups excluding carboxylic acids is 1. The minimum absolute atomic E-state index is 0.0299. The van der Waals surface area contributed by atoms with Crippen LogP contribution in [0.4, 0.5) is 21.6 Å². The van der Waals surface area contributed by atoms with E-state index in [1.54, 1.807) is 24.3 Å². The summed E-state index contributed by atoms with van der Waals surface area (Å²) in [6.07, 6.45) is 1.36. The Morgan fingerprint density at radius 3 is 2.76 bits per heavy atom. The highest BCUT2D eigenvalue weighted by atomic mass is 79.9. The Morgan fingerprint density at radius 2 is 2.03 bits per heavy atom. The van der Waals surface area contributed by atoms with E-state index in [1.807, 2.05) is 18.7 Å². The van der Waals surface area contributed by atoms with Crippen LogP contribution in [-0.2, 0) is 4.79 Å². The lowest BCUT2D eigenvalue weighted by atomic mass is 10.2. The van der Waals surface area contributed by atoms with Crippen molar-refractivity contribution >= 4 is 61.5 Å². The highest BCUT2D eigenvalue weighted by Gasteiger charge is 2.14. The summed E-state index contributed by atoms with van der Waals surface area (Å²) in [5.74, 6) is 0.147. The summed E-state index contributed by atoms with van der Waals surface area (Å²) < 4.78 is 20.7. The smallest absolute Gasteiger partial charge is 0.234 e. The number of nitrogens with two attached hydrogens (primary N) is 1. The number of rotatable bonds is 10. The van der Waals surface area contributed by atoms with E-state index >= 15 is 0 Å². The van der Waals surface area contributed by atoms with Gasteiger partial charge in [-0.3, -0.25) is 9.69 Å². The van der Waals surface area contributed by atoms with Crippen LogP contribution < -0.4 is 21.1 Å². The standard InChI is InChI=1S/C22H25BrClFN6O2/c1-3-31(4-2)11-19(32)27-7-8-33-18-10-17-13(9-15(18)26)22(29-12-28-17)30-16-6-5-14(23)20(24)21(16)25/h5-6,9-10,12H,3-4,7-8,11,26H2,1-2H3,(H,27,32)(H,28,29,30). The van der Waals surface area contributed by atoms with Crippen LogP contribution in [-0.4, -0.2) is 53.6 Å². The molecule has 1 amide bonds. The number of aromatic nitrogens is 2. The predicted octanol–water partition coefficient (Wildman–Crippen LogP) is 4.35. The summed E-state index contributed by atoms with van der Waals surface area (Å²) in [5.41, 5.74) is 7.26. The van der Waals surface area contributed by atoms with Crippen molar-refractivity contribution < 1.29 is 13.9 Å². The quantitative estimate of drug-likeness (QED) is 0.200. The highest BCUT2D eigenvalue weighted by molar-refractivity contribution is 9.10.